The molecule has 4 nitrogen and oxygen atoms in total. The fourth-order valence-corrected chi connectivity index (χ4v) is 7.26. The molecule has 0 saturated carbocycles. The number of fused-ring (bicyclic) bond motifs is 3. The molecule has 2 heterocycles. The summed E-state index contributed by atoms with van der Waals surface area (Å²) in [4.78, 5) is 15.3. The Bertz CT molecular complexity index is 2610. The van der Waals surface area contributed by atoms with E-state index in [2.05, 4.69) is 135 Å². The third-order valence-corrected chi connectivity index (χ3v) is 10.5. The maximum Gasteiger partial charge on any atom is 0.164 e. The van der Waals surface area contributed by atoms with Crippen molar-refractivity contribution >= 4 is 21.9 Å². The lowest BCUT2D eigenvalue weighted by atomic mass is 9.79. The summed E-state index contributed by atoms with van der Waals surface area (Å²) in [6, 6.07) is 47.0. The van der Waals surface area contributed by atoms with Crippen molar-refractivity contribution < 1.29 is 4.42 Å². The van der Waals surface area contributed by atoms with Crippen molar-refractivity contribution in [3.05, 3.63) is 150 Å². The summed E-state index contributed by atoms with van der Waals surface area (Å²) >= 11 is 0. The summed E-state index contributed by atoms with van der Waals surface area (Å²) in [7, 11) is 0. The van der Waals surface area contributed by atoms with Crippen molar-refractivity contribution in [1.82, 2.24) is 15.0 Å². The molecule has 0 saturated heterocycles. The molecule has 0 fully saturated rings. The standard InChI is InChI=1S/C51H49N3O/c1-49(2,3)38-28-40(44-41(29-38)42-30-39(50(4,5)6)31-43(45(42)55-44)51(7,8)9)36-25-35(32-19-13-10-14-20-32)26-37(27-36)48-53-46(33-21-15-11-16-22-33)52-47(54-48)34-23-17-12-18-24-34/h10-31H,1-9H3. The van der Waals surface area contributed by atoms with E-state index < -0.39 is 0 Å². The molecule has 2 aromatic heterocycles. The SMILES string of the molecule is CC(C)(C)c1cc(-c2cc(-c3ccccc3)cc(-c3nc(-c4ccccc4)nc(-c4ccccc4)n3)c2)c2oc3c(C(C)(C)C)cc(C(C)(C)C)cc3c2c1. The molecule has 0 aliphatic heterocycles. The van der Waals surface area contributed by atoms with Gasteiger partial charge in [-0.2, -0.15) is 0 Å². The van der Waals surface area contributed by atoms with Gasteiger partial charge in [-0.1, -0.05) is 159 Å². The van der Waals surface area contributed by atoms with Crippen LogP contribution in [0.3, 0.4) is 0 Å². The topological polar surface area (TPSA) is 51.8 Å². The molecule has 6 aromatic carbocycles. The van der Waals surface area contributed by atoms with Crippen molar-refractivity contribution in [3.63, 3.8) is 0 Å². The first-order valence-electron chi connectivity index (χ1n) is 19.3. The maximum atomic E-state index is 7.13. The van der Waals surface area contributed by atoms with E-state index in [4.69, 9.17) is 19.4 Å². The average Bonchev–Trinajstić information content (AvgIpc) is 3.55. The molecule has 0 aliphatic carbocycles. The van der Waals surface area contributed by atoms with E-state index in [-0.39, 0.29) is 16.2 Å². The number of nitrogens with zero attached hydrogens (tertiary/aromatic N) is 3. The largest absolute Gasteiger partial charge is 0.455 e. The van der Waals surface area contributed by atoms with Gasteiger partial charge in [0.05, 0.1) is 0 Å². The monoisotopic (exact) mass is 719 g/mol. The summed E-state index contributed by atoms with van der Waals surface area (Å²) in [5.74, 6) is 1.88. The van der Waals surface area contributed by atoms with Crippen molar-refractivity contribution in [1.29, 1.82) is 0 Å². The summed E-state index contributed by atoms with van der Waals surface area (Å²) in [6.07, 6.45) is 0. The van der Waals surface area contributed by atoms with Gasteiger partial charge in [-0.05, 0) is 80.5 Å². The zero-order chi connectivity index (χ0) is 38.7. The predicted molar refractivity (Wildman–Crippen MR) is 230 cm³/mol. The molecule has 55 heavy (non-hydrogen) atoms. The van der Waals surface area contributed by atoms with Crippen LogP contribution in [0.4, 0.5) is 0 Å². The quantitative estimate of drug-likeness (QED) is 0.178. The van der Waals surface area contributed by atoms with E-state index in [1.54, 1.807) is 0 Å². The first kappa shape index (κ1) is 36.1. The first-order chi connectivity index (χ1) is 26.1. The normalized spacial score (nSPS) is 12.5. The smallest absolute Gasteiger partial charge is 0.164 e. The number of rotatable bonds is 5. The highest BCUT2D eigenvalue weighted by molar-refractivity contribution is 6.11. The molecular weight excluding hydrogens is 671 g/mol. The number of benzene rings is 6. The van der Waals surface area contributed by atoms with E-state index in [0.29, 0.717) is 17.5 Å². The Balaban J connectivity index is 1.45. The Morgan fingerprint density at radius 1 is 0.364 bits per heavy atom. The highest BCUT2D eigenvalue weighted by Gasteiger charge is 2.28. The maximum absolute atomic E-state index is 7.13. The van der Waals surface area contributed by atoms with E-state index in [1.165, 1.54) is 16.7 Å². The average molecular weight is 720 g/mol. The lowest BCUT2D eigenvalue weighted by Gasteiger charge is -2.25. The van der Waals surface area contributed by atoms with Gasteiger partial charge in [-0.25, -0.2) is 15.0 Å². The highest BCUT2D eigenvalue weighted by atomic mass is 16.3. The van der Waals surface area contributed by atoms with Crippen LogP contribution < -0.4 is 0 Å². The van der Waals surface area contributed by atoms with E-state index >= 15 is 0 Å². The molecular formula is C51H49N3O. The van der Waals surface area contributed by atoms with Crippen LogP contribution in [0.1, 0.15) is 79.0 Å². The molecule has 0 unspecified atom stereocenters. The second-order valence-corrected chi connectivity index (χ2v) is 17.9. The second-order valence-electron chi connectivity index (χ2n) is 17.9. The second kappa shape index (κ2) is 13.5. The summed E-state index contributed by atoms with van der Waals surface area (Å²) in [5.41, 5.74) is 12.4. The van der Waals surface area contributed by atoms with Crippen LogP contribution in [0, 0.1) is 0 Å². The molecule has 8 aromatic rings. The van der Waals surface area contributed by atoms with Crippen molar-refractivity contribution in [2.75, 3.05) is 0 Å². The molecule has 0 bridgehead atoms. The zero-order valence-corrected chi connectivity index (χ0v) is 33.5. The van der Waals surface area contributed by atoms with Crippen molar-refractivity contribution in [2.45, 2.75) is 78.6 Å². The molecule has 0 spiro atoms. The van der Waals surface area contributed by atoms with Crippen LogP contribution in [0.15, 0.2) is 138 Å². The molecule has 0 N–H and O–H groups in total. The fraction of sp³-hybridized carbons (Fsp3) is 0.235. The van der Waals surface area contributed by atoms with Crippen LogP contribution in [-0.4, -0.2) is 15.0 Å². The van der Waals surface area contributed by atoms with Crippen LogP contribution in [-0.2, 0) is 16.2 Å². The Labute approximate surface area is 325 Å². The number of hydrogen-bond donors (Lipinski definition) is 0. The molecule has 0 radical (unpaired) electrons. The highest BCUT2D eigenvalue weighted by Crippen LogP contribution is 2.45. The third kappa shape index (κ3) is 7.10. The van der Waals surface area contributed by atoms with Gasteiger partial charge in [0.2, 0.25) is 0 Å². The van der Waals surface area contributed by atoms with Gasteiger partial charge in [0.15, 0.2) is 17.5 Å². The third-order valence-electron chi connectivity index (χ3n) is 10.5. The fourth-order valence-electron chi connectivity index (χ4n) is 7.26. The van der Waals surface area contributed by atoms with Gasteiger partial charge in [-0.15, -0.1) is 0 Å². The minimum Gasteiger partial charge on any atom is -0.455 e. The number of furan rings is 1. The van der Waals surface area contributed by atoms with Crippen LogP contribution in [0.5, 0.6) is 0 Å². The lowest BCUT2D eigenvalue weighted by molar-refractivity contribution is 0.559. The van der Waals surface area contributed by atoms with Gasteiger partial charge in [0.25, 0.3) is 0 Å². The van der Waals surface area contributed by atoms with Gasteiger partial charge in [0, 0.05) is 38.6 Å². The zero-order valence-electron chi connectivity index (χ0n) is 33.5. The molecule has 274 valence electrons. The molecule has 4 heteroatoms. The van der Waals surface area contributed by atoms with Gasteiger partial charge in [0.1, 0.15) is 11.2 Å². The van der Waals surface area contributed by atoms with Crippen LogP contribution >= 0.6 is 0 Å². The Hall–Kier alpha value is -5.87. The Morgan fingerprint density at radius 3 is 1.27 bits per heavy atom. The van der Waals surface area contributed by atoms with Gasteiger partial charge in [-0.3, -0.25) is 0 Å². The number of aromatic nitrogens is 3. The van der Waals surface area contributed by atoms with E-state index in [0.717, 1.165) is 60.9 Å². The molecule has 0 atom stereocenters. The Morgan fingerprint density at radius 2 is 0.782 bits per heavy atom. The predicted octanol–water partition coefficient (Wildman–Crippen LogP) is 14.0. The summed E-state index contributed by atoms with van der Waals surface area (Å²) in [5, 5.41) is 2.30. The molecule has 0 aliphatic rings. The van der Waals surface area contributed by atoms with E-state index in [1.807, 2.05) is 60.7 Å². The van der Waals surface area contributed by atoms with Gasteiger partial charge >= 0.3 is 0 Å². The van der Waals surface area contributed by atoms with Crippen LogP contribution in [0.2, 0.25) is 0 Å². The van der Waals surface area contributed by atoms with Crippen molar-refractivity contribution in [2.24, 2.45) is 0 Å². The van der Waals surface area contributed by atoms with Crippen molar-refractivity contribution in [3.8, 4) is 56.4 Å². The molecule has 8 rings (SSSR count). The van der Waals surface area contributed by atoms with Crippen LogP contribution in [0.25, 0.3) is 78.4 Å². The summed E-state index contributed by atoms with van der Waals surface area (Å²) in [6.45, 7) is 20.6. The lowest BCUT2D eigenvalue weighted by Crippen LogP contribution is -2.16. The minimum absolute atomic E-state index is 0.0249. The molecule has 0 amide bonds. The van der Waals surface area contributed by atoms with Gasteiger partial charge < -0.3 is 4.42 Å². The number of hydrogen-bond acceptors (Lipinski definition) is 4. The summed E-state index contributed by atoms with van der Waals surface area (Å²) < 4.78 is 7.13. The minimum atomic E-state index is -0.119. The van der Waals surface area contributed by atoms with E-state index in [9.17, 15) is 0 Å². The first-order valence-corrected chi connectivity index (χ1v) is 19.3. The Kier molecular flexibility index (Phi) is 8.84.